The van der Waals surface area contributed by atoms with Crippen LogP contribution < -0.4 is 15.0 Å². The molecule has 0 atom stereocenters. The third-order valence-electron chi connectivity index (χ3n) is 2.84. The normalized spacial score (nSPS) is 10.5. The van der Waals surface area contributed by atoms with Gasteiger partial charge < -0.3 is 15.0 Å². The van der Waals surface area contributed by atoms with Crippen LogP contribution in [0.25, 0.3) is 0 Å². The van der Waals surface area contributed by atoms with Gasteiger partial charge in [0.2, 0.25) is 11.9 Å². The molecule has 114 valence electrons. The average Bonchev–Trinajstić information content (AvgIpc) is 2.89. The Hall–Kier alpha value is -2.38. The van der Waals surface area contributed by atoms with Gasteiger partial charge in [-0.15, -0.1) is 0 Å². The largest absolute Gasteiger partial charge is 0.467 e. The molecule has 8 nitrogen and oxygen atoms in total. The van der Waals surface area contributed by atoms with E-state index in [1.54, 1.807) is 11.8 Å². The van der Waals surface area contributed by atoms with E-state index in [1.807, 2.05) is 31.4 Å². The van der Waals surface area contributed by atoms with E-state index >= 15 is 0 Å². The minimum Gasteiger partial charge on any atom is -0.467 e. The van der Waals surface area contributed by atoms with Crippen molar-refractivity contribution in [3.63, 3.8) is 0 Å². The van der Waals surface area contributed by atoms with E-state index in [4.69, 9.17) is 4.74 Å². The van der Waals surface area contributed by atoms with Gasteiger partial charge in [-0.05, 0) is 6.42 Å². The number of hydrogen-bond acceptors (Lipinski definition) is 7. The summed E-state index contributed by atoms with van der Waals surface area (Å²) in [6.45, 7) is 3.55. The lowest BCUT2D eigenvalue weighted by atomic mass is 10.3. The second-order valence-electron chi connectivity index (χ2n) is 4.75. The second kappa shape index (κ2) is 6.87. The zero-order valence-electron chi connectivity index (χ0n) is 12.9. The number of anilines is 2. The van der Waals surface area contributed by atoms with E-state index in [9.17, 15) is 0 Å². The quantitative estimate of drug-likeness (QED) is 0.817. The standard InChI is InChI=1S/C13H21N7O/c1-5-6-14-11-16-12(18-13(17-11)21-4)19(2)8-10-7-15-20(3)9-10/h7,9H,5-6,8H2,1-4H3,(H,14,16,17,18). The van der Waals surface area contributed by atoms with Crippen molar-refractivity contribution in [3.05, 3.63) is 18.0 Å². The van der Waals surface area contributed by atoms with Crippen molar-refractivity contribution in [1.82, 2.24) is 24.7 Å². The molecule has 2 aromatic rings. The van der Waals surface area contributed by atoms with Crippen LogP contribution in [0.1, 0.15) is 18.9 Å². The Labute approximate surface area is 124 Å². The number of rotatable bonds is 7. The fourth-order valence-corrected chi connectivity index (χ4v) is 1.82. The summed E-state index contributed by atoms with van der Waals surface area (Å²) in [6.07, 6.45) is 4.78. The van der Waals surface area contributed by atoms with Crippen LogP contribution >= 0.6 is 0 Å². The van der Waals surface area contributed by atoms with E-state index < -0.39 is 0 Å². The topological polar surface area (TPSA) is 81.0 Å². The van der Waals surface area contributed by atoms with E-state index in [-0.39, 0.29) is 0 Å². The van der Waals surface area contributed by atoms with Crippen LogP contribution in [0.5, 0.6) is 6.01 Å². The first-order chi connectivity index (χ1) is 10.1. The number of aromatic nitrogens is 5. The van der Waals surface area contributed by atoms with Gasteiger partial charge in [0.1, 0.15) is 0 Å². The van der Waals surface area contributed by atoms with Gasteiger partial charge in [0, 0.05) is 38.9 Å². The molecule has 0 aliphatic carbocycles. The third-order valence-corrected chi connectivity index (χ3v) is 2.84. The lowest BCUT2D eigenvalue weighted by Crippen LogP contribution is -2.20. The van der Waals surface area contributed by atoms with E-state index in [2.05, 4.69) is 32.3 Å². The number of hydrogen-bond donors (Lipinski definition) is 1. The molecule has 0 unspecified atom stereocenters. The molecule has 0 saturated heterocycles. The Morgan fingerprint density at radius 3 is 2.76 bits per heavy atom. The maximum absolute atomic E-state index is 5.13. The van der Waals surface area contributed by atoms with E-state index in [1.165, 1.54) is 0 Å². The Balaban J connectivity index is 2.16. The lowest BCUT2D eigenvalue weighted by molar-refractivity contribution is 0.379. The molecule has 8 heteroatoms. The molecular formula is C13H21N7O. The number of ether oxygens (including phenoxy) is 1. The van der Waals surface area contributed by atoms with Crippen LogP contribution in [0.15, 0.2) is 12.4 Å². The Kier molecular flexibility index (Phi) is 4.91. The minimum atomic E-state index is 0.302. The molecule has 2 aromatic heterocycles. The van der Waals surface area contributed by atoms with Gasteiger partial charge in [-0.3, -0.25) is 4.68 Å². The van der Waals surface area contributed by atoms with Crippen LogP contribution in [0.2, 0.25) is 0 Å². The van der Waals surface area contributed by atoms with Crippen LogP contribution in [0.4, 0.5) is 11.9 Å². The fraction of sp³-hybridized carbons (Fsp3) is 0.538. The van der Waals surface area contributed by atoms with E-state index in [0.29, 0.717) is 24.5 Å². The summed E-state index contributed by atoms with van der Waals surface area (Å²) in [7, 11) is 5.36. The van der Waals surface area contributed by atoms with Gasteiger partial charge in [-0.2, -0.15) is 20.1 Å². The molecule has 21 heavy (non-hydrogen) atoms. The highest BCUT2D eigenvalue weighted by Crippen LogP contribution is 2.15. The predicted octanol–water partition coefficient (Wildman–Crippen LogP) is 1.07. The van der Waals surface area contributed by atoms with Crippen molar-refractivity contribution in [2.24, 2.45) is 7.05 Å². The first-order valence-electron chi connectivity index (χ1n) is 6.85. The number of nitrogens with one attached hydrogen (secondary N) is 1. The van der Waals surface area contributed by atoms with E-state index in [0.717, 1.165) is 18.5 Å². The highest BCUT2D eigenvalue weighted by atomic mass is 16.5. The molecule has 0 aromatic carbocycles. The highest BCUT2D eigenvalue weighted by molar-refractivity contribution is 5.38. The third kappa shape index (κ3) is 4.04. The molecule has 2 rings (SSSR count). The monoisotopic (exact) mass is 291 g/mol. The Morgan fingerprint density at radius 2 is 2.14 bits per heavy atom. The van der Waals surface area contributed by atoms with Crippen molar-refractivity contribution in [2.75, 3.05) is 30.9 Å². The Bertz CT molecular complexity index is 584. The first-order valence-corrected chi connectivity index (χ1v) is 6.85. The molecule has 0 amide bonds. The molecule has 0 saturated carbocycles. The molecule has 2 heterocycles. The molecule has 0 radical (unpaired) electrons. The first kappa shape index (κ1) is 15.0. The van der Waals surface area contributed by atoms with Gasteiger partial charge in [-0.25, -0.2) is 0 Å². The molecule has 1 N–H and O–H groups in total. The van der Waals surface area contributed by atoms with Crippen LogP contribution in [0.3, 0.4) is 0 Å². The summed E-state index contributed by atoms with van der Waals surface area (Å²) in [4.78, 5) is 14.8. The summed E-state index contributed by atoms with van der Waals surface area (Å²) in [5.74, 6) is 1.08. The maximum Gasteiger partial charge on any atom is 0.322 e. The smallest absolute Gasteiger partial charge is 0.322 e. The van der Waals surface area contributed by atoms with Crippen LogP contribution in [0, 0.1) is 0 Å². The SMILES string of the molecule is CCCNc1nc(OC)nc(N(C)Cc2cnn(C)c2)n1. The highest BCUT2D eigenvalue weighted by Gasteiger charge is 2.11. The van der Waals surface area contributed by atoms with Crippen molar-refractivity contribution >= 4 is 11.9 Å². The van der Waals surface area contributed by atoms with Gasteiger partial charge in [0.15, 0.2) is 0 Å². The lowest BCUT2D eigenvalue weighted by Gasteiger charge is -2.17. The summed E-state index contributed by atoms with van der Waals surface area (Å²) in [5.41, 5.74) is 1.09. The number of aryl methyl sites for hydroxylation is 1. The number of methoxy groups -OCH3 is 1. The van der Waals surface area contributed by atoms with Crippen molar-refractivity contribution in [1.29, 1.82) is 0 Å². The summed E-state index contributed by atoms with van der Waals surface area (Å²) >= 11 is 0. The van der Waals surface area contributed by atoms with Gasteiger partial charge in [0.05, 0.1) is 13.3 Å². The zero-order valence-corrected chi connectivity index (χ0v) is 12.9. The second-order valence-corrected chi connectivity index (χ2v) is 4.75. The number of nitrogens with zero attached hydrogens (tertiary/aromatic N) is 6. The maximum atomic E-state index is 5.13. The van der Waals surface area contributed by atoms with Crippen LogP contribution in [-0.2, 0) is 13.6 Å². The van der Waals surface area contributed by atoms with Crippen LogP contribution in [-0.4, -0.2) is 45.4 Å². The van der Waals surface area contributed by atoms with Gasteiger partial charge in [0.25, 0.3) is 0 Å². The molecular weight excluding hydrogens is 270 g/mol. The minimum absolute atomic E-state index is 0.302. The van der Waals surface area contributed by atoms with Gasteiger partial charge >= 0.3 is 6.01 Å². The summed E-state index contributed by atoms with van der Waals surface area (Å²) < 4.78 is 6.90. The molecule has 0 spiro atoms. The van der Waals surface area contributed by atoms with Crippen molar-refractivity contribution in [3.8, 4) is 6.01 Å². The zero-order chi connectivity index (χ0) is 15.2. The molecule has 0 bridgehead atoms. The average molecular weight is 291 g/mol. The molecule has 0 fully saturated rings. The van der Waals surface area contributed by atoms with Crippen molar-refractivity contribution < 1.29 is 4.74 Å². The van der Waals surface area contributed by atoms with Gasteiger partial charge in [-0.1, -0.05) is 6.92 Å². The summed E-state index contributed by atoms with van der Waals surface area (Å²) in [5, 5.41) is 7.30. The summed E-state index contributed by atoms with van der Waals surface area (Å²) in [6, 6.07) is 0.302. The fourth-order valence-electron chi connectivity index (χ4n) is 1.82. The Morgan fingerprint density at radius 1 is 1.33 bits per heavy atom. The molecule has 0 aliphatic rings. The predicted molar refractivity (Wildman–Crippen MR) is 80.5 cm³/mol. The molecule has 0 aliphatic heterocycles. The van der Waals surface area contributed by atoms with Crippen molar-refractivity contribution in [2.45, 2.75) is 19.9 Å².